The number of carbonyl (C=O) groups is 1. The third kappa shape index (κ3) is 3.58. The summed E-state index contributed by atoms with van der Waals surface area (Å²) in [6.07, 6.45) is 2.90. The second-order valence-electron chi connectivity index (χ2n) is 4.74. The molecule has 0 saturated carbocycles. The van der Waals surface area contributed by atoms with Crippen LogP contribution in [0.25, 0.3) is 0 Å². The molecule has 21 heavy (non-hydrogen) atoms. The van der Waals surface area contributed by atoms with Crippen molar-refractivity contribution in [3.63, 3.8) is 0 Å². The van der Waals surface area contributed by atoms with Crippen LogP contribution in [0.2, 0.25) is 0 Å². The zero-order valence-corrected chi connectivity index (χ0v) is 13.2. The number of nitrogen functional groups attached to an aromatic ring is 1. The average Bonchev–Trinajstić information content (AvgIpc) is 2.53. The predicted octanol–water partition coefficient (Wildman–Crippen LogP) is 4.05. The number of para-hydroxylation sites is 2. The van der Waals surface area contributed by atoms with E-state index in [0.29, 0.717) is 17.8 Å². The molecule has 1 amide bonds. The number of benzene rings is 2. The van der Waals surface area contributed by atoms with Gasteiger partial charge in [0.25, 0.3) is 5.91 Å². The molecule has 0 bridgehead atoms. The smallest absolute Gasteiger partial charge is 0.258 e. The zero-order valence-electron chi connectivity index (χ0n) is 12.4. The summed E-state index contributed by atoms with van der Waals surface area (Å²) in [7, 11) is 0. The van der Waals surface area contributed by atoms with Gasteiger partial charge in [-0.2, -0.15) is 0 Å². The van der Waals surface area contributed by atoms with E-state index < -0.39 is 0 Å². The molecule has 2 aromatic rings. The molecule has 2 rings (SSSR count). The summed E-state index contributed by atoms with van der Waals surface area (Å²) in [4.78, 5) is 15.7. The van der Waals surface area contributed by atoms with Gasteiger partial charge in [-0.3, -0.25) is 4.79 Å². The molecule has 3 nitrogen and oxygen atoms in total. The van der Waals surface area contributed by atoms with Crippen molar-refractivity contribution in [3.05, 3.63) is 54.1 Å². The standard InChI is InChI=1S/C17H20N2OS/c1-3-12-19(16-7-5-4-6-15(16)18)17(20)13-8-10-14(21-2)11-9-13/h4-11H,3,12,18H2,1-2H3. The van der Waals surface area contributed by atoms with Gasteiger partial charge >= 0.3 is 0 Å². The van der Waals surface area contributed by atoms with Gasteiger partial charge in [-0.1, -0.05) is 19.1 Å². The minimum atomic E-state index is -0.0117. The van der Waals surface area contributed by atoms with E-state index in [4.69, 9.17) is 5.73 Å². The summed E-state index contributed by atoms with van der Waals surface area (Å²) >= 11 is 1.66. The first-order valence-electron chi connectivity index (χ1n) is 6.97. The van der Waals surface area contributed by atoms with Crippen molar-refractivity contribution >= 4 is 29.0 Å². The number of nitrogens with two attached hydrogens (primary N) is 1. The number of carbonyl (C=O) groups excluding carboxylic acids is 1. The van der Waals surface area contributed by atoms with Crippen LogP contribution in [0.4, 0.5) is 11.4 Å². The maximum atomic E-state index is 12.8. The van der Waals surface area contributed by atoms with E-state index in [1.807, 2.05) is 54.8 Å². The number of nitrogens with zero attached hydrogens (tertiary/aromatic N) is 1. The van der Waals surface area contributed by atoms with Gasteiger partial charge in [0.05, 0.1) is 11.4 Å². The lowest BCUT2D eigenvalue weighted by atomic mass is 10.1. The van der Waals surface area contributed by atoms with Crippen LogP contribution in [0.15, 0.2) is 53.4 Å². The first kappa shape index (κ1) is 15.4. The summed E-state index contributed by atoms with van der Waals surface area (Å²) < 4.78 is 0. The Bertz CT molecular complexity index is 610. The van der Waals surface area contributed by atoms with Gasteiger partial charge < -0.3 is 10.6 Å². The number of amides is 1. The minimum Gasteiger partial charge on any atom is -0.397 e. The van der Waals surface area contributed by atoms with Crippen molar-refractivity contribution in [1.82, 2.24) is 0 Å². The fourth-order valence-electron chi connectivity index (χ4n) is 2.18. The SMILES string of the molecule is CCCN(C(=O)c1ccc(SC)cc1)c1ccccc1N. The maximum absolute atomic E-state index is 12.8. The van der Waals surface area contributed by atoms with Crippen LogP contribution >= 0.6 is 11.8 Å². The average molecular weight is 300 g/mol. The van der Waals surface area contributed by atoms with Crippen LogP contribution < -0.4 is 10.6 Å². The van der Waals surface area contributed by atoms with Gasteiger partial charge in [-0.15, -0.1) is 11.8 Å². The predicted molar refractivity (Wildman–Crippen MR) is 91.0 cm³/mol. The first-order chi connectivity index (χ1) is 10.2. The highest BCUT2D eigenvalue weighted by atomic mass is 32.2. The molecule has 4 heteroatoms. The zero-order chi connectivity index (χ0) is 15.2. The molecule has 0 fully saturated rings. The van der Waals surface area contributed by atoms with Crippen molar-refractivity contribution in [3.8, 4) is 0 Å². The number of anilines is 2. The van der Waals surface area contributed by atoms with Gasteiger partial charge in [-0.05, 0) is 49.1 Å². The molecule has 0 atom stereocenters. The van der Waals surface area contributed by atoms with E-state index in [-0.39, 0.29) is 5.91 Å². The molecule has 0 aliphatic heterocycles. The van der Waals surface area contributed by atoms with Crippen LogP contribution in [0.3, 0.4) is 0 Å². The Morgan fingerprint density at radius 1 is 1.14 bits per heavy atom. The van der Waals surface area contributed by atoms with Crippen molar-refractivity contribution < 1.29 is 4.79 Å². The highest BCUT2D eigenvalue weighted by molar-refractivity contribution is 7.98. The molecule has 0 radical (unpaired) electrons. The van der Waals surface area contributed by atoms with Crippen molar-refractivity contribution in [2.45, 2.75) is 18.2 Å². The Balaban J connectivity index is 2.33. The van der Waals surface area contributed by atoms with Gasteiger partial charge in [0.15, 0.2) is 0 Å². The second kappa shape index (κ2) is 7.18. The fraction of sp³-hybridized carbons (Fsp3) is 0.235. The topological polar surface area (TPSA) is 46.3 Å². The molecule has 0 aliphatic rings. The Hall–Kier alpha value is -1.94. The third-order valence-corrected chi connectivity index (χ3v) is 4.00. The quantitative estimate of drug-likeness (QED) is 0.669. The maximum Gasteiger partial charge on any atom is 0.258 e. The second-order valence-corrected chi connectivity index (χ2v) is 5.62. The fourth-order valence-corrected chi connectivity index (χ4v) is 2.59. The summed E-state index contributed by atoms with van der Waals surface area (Å²) in [5, 5.41) is 0. The molecular formula is C17H20N2OS. The van der Waals surface area contributed by atoms with Crippen LogP contribution in [0.5, 0.6) is 0 Å². The Kier molecular flexibility index (Phi) is 5.28. The lowest BCUT2D eigenvalue weighted by molar-refractivity contribution is 0.0987. The summed E-state index contributed by atoms with van der Waals surface area (Å²) in [5.74, 6) is -0.0117. The molecule has 0 saturated heterocycles. The summed E-state index contributed by atoms with van der Waals surface area (Å²) in [6.45, 7) is 2.70. The first-order valence-corrected chi connectivity index (χ1v) is 8.20. The van der Waals surface area contributed by atoms with Crippen LogP contribution in [0, 0.1) is 0 Å². The molecule has 2 N–H and O–H groups in total. The number of hydrogen-bond donors (Lipinski definition) is 1. The monoisotopic (exact) mass is 300 g/mol. The normalized spacial score (nSPS) is 10.4. The highest BCUT2D eigenvalue weighted by Crippen LogP contribution is 2.25. The molecule has 0 aromatic heterocycles. The lowest BCUT2D eigenvalue weighted by Gasteiger charge is -2.24. The van der Waals surface area contributed by atoms with E-state index in [1.54, 1.807) is 16.7 Å². The third-order valence-electron chi connectivity index (χ3n) is 3.26. The molecule has 0 spiro atoms. The van der Waals surface area contributed by atoms with Gasteiger partial charge in [0.1, 0.15) is 0 Å². The lowest BCUT2D eigenvalue weighted by Crippen LogP contribution is -2.32. The molecule has 2 aromatic carbocycles. The van der Waals surface area contributed by atoms with Crippen molar-refractivity contribution in [2.24, 2.45) is 0 Å². The van der Waals surface area contributed by atoms with Crippen molar-refractivity contribution in [1.29, 1.82) is 0 Å². The van der Waals surface area contributed by atoms with E-state index in [0.717, 1.165) is 17.0 Å². The van der Waals surface area contributed by atoms with Crippen molar-refractivity contribution in [2.75, 3.05) is 23.4 Å². The Morgan fingerprint density at radius 2 is 1.81 bits per heavy atom. The van der Waals surface area contributed by atoms with E-state index >= 15 is 0 Å². The largest absolute Gasteiger partial charge is 0.397 e. The van der Waals surface area contributed by atoms with E-state index in [9.17, 15) is 4.79 Å². The van der Waals surface area contributed by atoms with Crippen LogP contribution in [-0.4, -0.2) is 18.7 Å². The van der Waals surface area contributed by atoms with Crippen LogP contribution in [0.1, 0.15) is 23.7 Å². The number of rotatable bonds is 5. The summed E-state index contributed by atoms with van der Waals surface area (Å²) in [6, 6.07) is 15.2. The molecule has 0 unspecified atom stereocenters. The highest BCUT2D eigenvalue weighted by Gasteiger charge is 2.18. The molecule has 0 aliphatic carbocycles. The summed E-state index contributed by atoms with van der Waals surface area (Å²) in [5.41, 5.74) is 8.10. The van der Waals surface area contributed by atoms with Crippen LogP contribution in [-0.2, 0) is 0 Å². The molecule has 0 heterocycles. The number of hydrogen-bond acceptors (Lipinski definition) is 3. The van der Waals surface area contributed by atoms with E-state index in [2.05, 4.69) is 6.92 Å². The Labute approximate surface area is 130 Å². The van der Waals surface area contributed by atoms with E-state index in [1.165, 1.54) is 0 Å². The molecular weight excluding hydrogens is 280 g/mol. The van der Waals surface area contributed by atoms with Gasteiger partial charge in [-0.25, -0.2) is 0 Å². The van der Waals surface area contributed by atoms with Gasteiger partial charge in [0, 0.05) is 17.0 Å². The Morgan fingerprint density at radius 3 is 2.38 bits per heavy atom. The molecule has 110 valence electrons. The minimum absolute atomic E-state index is 0.0117. The van der Waals surface area contributed by atoms with Gasteiger partial charge in [0.2, 0.25) is 0 Å². The number of thioether (sulfide) groups is 1.